The highest BCUT2D eigenvalue weighted by atomic mass is 32.1. The molecule has 4 rings (SSSR count). The van der Waals surface area contributed by atoms with Gasteiger partial charge < -0.3 is 24.6 Å². The van der Waals surface area contributed by atoms with E-state index in [2.05, 4.69) is 17.1 Å². The summed E-state index contributed by atoms with van der Waals surface area (Å²) in [5.41, 5.74) is 1.56. The van der Waals surface area contributed by atoms with Crippen LogP contribution in [0, 0.1) is 5.92 Å². The number of anilines is 2. The number of nitrogens with one attached hydrogen (secondary N) is 1. The first-order valence-electron chi connectivity index (χ1n) is 13.4. The average Bonchev–Trinajstić information content (AvgIpc) is 3.17. The van der Waals surface area contributed by atoms with Gasteiger partial charge in [-0.15, -0.1) is 0 Å². The molecule has 1 N–H and O–H groups in total. The Bertz CT molecular complexity index is 1180. The van der Waals surface area contributed by atoms with Crippen molar-refractivity contribution in [1.82, 2.24) is 9.80 Å². The van der Waals surface area contributed by atoms with Gasteiger partial charge >= 0.3 is 5.97 Å². The Hall–Kier alpha value is -3.50. The third-order valence-corrected chi connectivity index (χ3v) is 7.66. The highest BCUT2D eigenvalue weighted by Crippen LogP contribution is 2.28. The maximum atomic E-state index is 13.7. The lowest BCUT2D eigenvalue weighted by Crippen LogP contribution is -2.44. The van der Waals surface area contributed by atoms with E-state index in [0.717, 1.165) is 38.4 Å². The summed E-state index contributed by atoms with van der Waals surface area (Å²) in [6.45, 7) is 7.62. The molecule has 208 valence electrons. The molecule has 39 heavy (non-hydrogen) atoms. The van der Waals surface area contributed by atoms with E-state index < -0.39 is 12.0 Å². The Labute approximate surface area is 235 Å². The number of nitrogens with zero attached hydrogens (tertiary/aromatic N) is 3. The van der Waals surface area contributed by atoms with Gasteiger partial charge in [-0.3, -0.25) is 14.5 Å². The van der Waals surface area contributed by atoms with Crippen LogP contribution in [0.3, 0.4) is 0 Å². The molecule has 0 unspecified atom stereocenters. The van der Waals surface area contributed by atoms with E-state index in [0.29, 0.717) is 34.3 Å². The number of carbonyl (C=O) groups excluding carboxylic acids is 3. The maximum absolute atomic E-state index is 13.7. The van der Waals surface area contributed by atoms with Crippen molar-refractivity contribution in [2.75, 3.05) is 50.1 Å². The minimum absolute atomic E-state index is 0.0422. The van der Waals surface area contributed by atoms with Crippen molar-refractivity contribution >= 4 is 46.5 Å². The molecule has 0 aliphatic carbocycles. The molecule has 2 amide bonds. The van der Waals surface area contributed by atoms with Crippen LogP contribution in [0.4, 0.5) is 11.4 Å². The maximum Gasteiger partial charge on any atom is 0.338 e. The summed E-state index contributed by atoms with van der Waals surface area (Å²) in [4.78, 5) is 44.5. The van der Waals surface area contributed by atoms with Gasteiger partial charge in [0.2, 0.25) is 5.91 Å². The van der Waals surface area contributed by atoms with E-state index in [1.165, 1.54) is 4.90 Å². The van der Waals surface area contributed by atoms with Crippen LogP contribution in [0.1, 0.15) is 43.5 Å². The first-order chi connectivity index (χ1) is 18.8. The molecule has 1 atom stereocenters. The number of esters is 1. The van der Waals surface area contributed by atoms with Crippen LogP contribution in [-0.2, 0) is 14.3 Å². The van der Waals surface area contributed by atoms with Crippen LogP contribution >= 0.6 is 12.2 Å². The van der Waals surface area contributed by atoms with Crippen molar-refractivity contribution in [1.29, 1.82) is 0 Å². The van der Waals surface area contributed by atoms with Crippen molar-refractivity contribution in [3.8, 4) is 5.75 Å². The van der Waals surface area contributed by atoms with Gasteiger partial charge in [0.05, 0.1) is 31.4 Å². The SMILES string of the molecule is CCOC(=O)c1ccc(N2C(=O)[C@H](CC(=O)Nc3ccc(OC)cc3)N(CCN3CCC(C)CC3)C2=S)cc1. The van der Waals surface area contributed by atoms with Gasteiger partial charge in [-0.05, 0) is 99.5 Å². The minimum Gasteiger partial charge on any atom is -0.497 e. The molecule has 10 heteroatoms. The number of piperidine rings is 1. The fourth-order valence-corrected chi connectivity index (χ4v) is 5.30. The number of likely N-dealkylation sites (tertiary alicyclic amines) is 1. The molecule has 0 bridgehead atoms. The van der Waals surface area contributed by atoms with Crippen molar-refractivity contribution in [2.45, 2.75) is 39.2 Å². The van der Waals surface area contributed by atoms with Crippen LogP contribution in [0.5, 0.6) is 5.75 Å². The van der Waals surface area contributed by atoms with Crippen molar-refractivity contribution in [3.63, 3.8) is 0 Å². The fraction of sp³-hybridized carbons (Fsp3) is 0.448. The Kier molecular flexibility index (Phi) is 9.53. The number of benzene rings is 2. The predicted octanol–water partition coefficient (Wildman–Crippen LogP) is 3.93. The predicted molar refractivity (Wildman–Crippen MR) is 154 cm³/mol. The van der Waals surface area contributed by atoms with E-state index in [-0.39, 0.29) is 24.8 Å². The van der Waals surface area contributed by atoms with E-state index in [9.17, 15) is 14.4 Å². The molecule has 0 spiro atoms. The normalized spacial score (nSPS) is 18.4. The Morgan fingerprint density at radius 3 is 2.31 bits per heavy atom. The standard InChI is InChI=1S/C29H36N4O5S/c1-4-38-28(36)21-5-9-23(10-6-21)33-27(35)25(19-26(34)30-22-7-11-24(37-3)12-8-22)32(29(33)39)18-17-31-15-13-20(2)14-16-31/h5-12,20,25H,4,13-19H2,1-3H3,(H,30,34)/t25-/m0/s1. The third-order valence-electron chi connectivity index (χ3n) is 7.24. The molecule has 2 aliphatic heterocycles. The summed E-state index contributed by atoms with van der Waals surface area (Å²) in [5.74, 6) is 0.439. The Morgan fingerprint density at radius 1 is 1.03 bits per heavy atom. The molecule has 2 fully saturated rings. The molecule has 2 aliphatic rings. The van der Waals surface area contributed by atoms with E-state index in [1.807, 2.05) is 4.90 Å². The van der Waals surface area contributed by atoms with Gasteiger partial charge in [0, 0.05) is 18.8 Å². The molecule has 0 saturated carbocycles. The van der Waals surface area contributed by atoms with Gasteiger partial charge in [-0.2, -0.15) is 0 Å². The summed E-state index contributed by atoms with van der Waals surface area (Å²) in [7, 11) is 1.58. The van der Waals surface area contributed by atoms with Gasteiger partial charge in [-0.1, -0.05) is 6.92 Å². The van der Waals surface area contributed by atoms with Crippen molar-refractivity contribution < 1.29 is 23.9 Å². The smallest absolute Gasteiger partial charge is 0.338 e. The number of ether oxygens (including phenoxy) is 2. The lowest BCUT2D eigenvalue weighted by Gasteiger charge is -2.32. The lowest BCUT2D eigenvalue weighted by atomic mass is 9.99. The summed E-state index contributed by atoms with van der Waals surface area (Å²) in [6, 6.07) is 12.9. The van der Waals surface area contributed by atoms with Gasteiger partial charge in [0.25, 0.3) is 5.91 Å². The minimum atomic E-state index is -0.732. The second-order valence-corrected chi connectivity index (χ2v) is 10.3. The molecule has 2 aromatic rings. The summed E-state index contributed by atoms with van der Waals surface area (Å²) < 4.78 is 10.2. The molecular weight excluding hydrogens is 516 g/mol. The topological polar surface area (TPSA) is 91.4 Å². The first-order valence-corrected chi connectivity index (χ1v) is 13.8. The van der Waals surface area contributed by atoms with E-state index >= 15 is 0 Å². The van der Waals surface area contributed by atoms with Crippen LogP contribution in [-0.4, -0.2) is 78.6 Å². The summed E-state index contributed by atoms with van der Waals surface area (Å²) >= 11 is 5.80. The number of hydrogen-bond acceptors (Lipinski definition) is 7. The summed E-state index contributed by atoms with van der Waals surface area (Å²) in [5, 5.41) is 3.23. The largest absolute Gasteiger partial charge is 0.497 e. The highest BCUT2D eigenvalue weighted by Gasteiger charge is 2.44. The number of amides is 2. The van der Waals surface area contributed by atoms with Crippen LogP contribution < -0.4 is 15.0 Å². The second kappa shape index (κ2) is 13.0. The molecule has 0 radical (unpaired) electrons. The monoisotopic (exact) mass is 552 g/mol. The van der Waals surface area contributed by atoms with Crippen LogP contribution in [0.15, 0.2) is 48.5 Å². The quantitative estimate of drug-likeness (QED) is 0.350. The molecule has 0 aromatic heterocycles. The lowest BCUT2D eigenvalue weighted by molar-refractivity contribution is -0.124. The van der Waals surface area contributed by atoms with E-state index in [1.54, 1.807) is 62.6 Å². The molecule has 2 saturated heterocycles. The van der Waals surface area contributed by atoms with Gasteiger partial charge in [0.15, 0.2) is 5.11 Å². The molecular formula is C29H36N4O5S. The number of thiocarbonyl (C=S) groups is 1. The second-order valence-electron chi connectivity index (χ2n) is 9.94. The first kappa shape index (κ1) is 28.5. The third kappa shape index (κ3) is 6.93. The fourth-order valence-electron chi connectivity index (χ4n) is 4.88. The zero-order valence-corrected chi connectivity index (χ0v) is 23.5. The van der Waals surface area contributed by atoms with E-state index in [4.69, 9.17) is 21.7 Å². The number of hydrogen-bond donors (Lipinski definition) is 1. The van der Waals surface area contributed by atoms with Gasteiger partial charge in [0.1, 0.15) is 11.8 Å². The number of rotatable bonds is 10. The zero-order valence-electron chi connectivity index (χ0n) is 22.7. The van der Waals surface area contributed by atoms with Gasteiger partial charge in [-0.25, -0.2) is 4.79 Å². The van der Waals surface area contributed by atoms with Crippen LogP contribution in [0.2, 0.25) is 0 Å². The number of carbonyl (C=O) groups is 3. The molecule has 2 heterocycles. The Morgan fingerprint density at radius 2 is 1.69 bits per heavy atom. The number of methoxy groups -OCH3 is 1. The average molecular weight is 553 g/mol. The highest BCUT2D eigenvalue weighted by molar-refractivity contribution is 7.80. The van der Waals surface area contributed by atoms with Crippen molar-refractivity contribution in [3.05, 3.63) is 54.1 Å². The zero-order chi connectivity index (χ0) is 27.9. The summed E-state index contributed by atoms with van der Waals surface area (Å²) in [6.07, 6.45) is 2.26. The van der Waals surface area contributed by atoms with Crippen molar-refractivity contribution in [2.24, 2.45) is 5.92 Å². The molecule has 9 nitrogen and oxygen atoms in total. The van der Waals surface area contributed by atoms with Crippen LogP contribution in [0.25, 0.3) is 0 Å². The molecule has 2 aromatic carbocycles. The Balaban J connectivity index is 1.51.